The third-order valence-electron chi connectivity index (χ3n) is 3.89. The first-order valence-corrected chi connectivity index (χ1v) is 9.65. The number of carbonyl (C=O) groups excluding carboxylic acids is 3. The fourth-order valence-corrected chi connectivity index (χ4v) is 2.45. The lowest BCUT2D eigenvalue weighted by atomic mass is 10.2. The zero-order chi connectivity index (χ0) is 25.8. The molecule has 4 N–H and O–H groups in total. The van der Waals surface area contributed by atoms with E-state index in [1.54, 1.807) is 6.07 Å². The molecule has 1 unspecified atom stereocenters. The first-order valence-electron chi connectivity index (χ1n) is 9.65. The van der Waals surface area contributed by atoms with Crippen molar-refractivity contribution >= 4 is 17.9 Å². The summed E-state index contributed by atoms with van der Waals surface area (Å²) in [5, 5.41) is 33.3. The lowest BCUT2D eigenvalue weighted by Crippen LogP contribution is -2.35. The molecule has 15 nitrogen and oxygen atoms in total. The summed E-state index contributed by atoms with van der Waals surface area (Å²) in [5.41, 5.74) is 0.0714. The smallest absolute Gasteiger partial charge is 0.344 e. The van der Waals surface area contributed by atoms with Crippen molar-refractivity contribution in [1.82, 2.24) is 10.8 Å². The first-order chi connectivity index (χ1) is 16.7. The minimum Gasteiger partial charge on any atom is -0.491 e. The van der Waals surface area contributed by atoms with Crippen LogP contribution in [0.5, 0.6) is 11.5 Å². The summed E-state index contributed by atoms with van der Waals surface area (Å²) in [6, 6.07) is 11.3. The fourth-order valence-electron chi connectivity index (χ4n) is 2.45. The van der Waals surface area contributed by atoms with Gasteiger partial charge in [-0.3, -0.25) is 25.6 Å². The van der Waals surface area contributed by atoms with Gasteiger partial charge in [-0.25, -0.2) is 19.3 Å². The van der Waals surface area contributed by atoms with Gasteiger partial charge in [0.25, 0.3) is 0 Å². The van der Waals surface area contributed by atoms with Gasteiger partial charge in [0.2, 0.25) is 6.79 Å². The number of esters is 3. The lowest BCUT2D eigenvalue weighted by molar-refractivity contribution is -0.527. The standard InChI is InChI=1S/C20H22N2O13/c1-13(23)34-18-5-3-2-4-17(18)20(25)32-12-31-19(24)14-6-8-15(9-7-14)30-10-16(35-22(28)29)11-33-21(26)27/h2-9,16,26-29H,10-12H2,1H3. The molecule has 2 rings (SSSR count). The number of nitrogens with zero attached hydrogens (tertiary/aromatic N) is 2. The van der Waals surface area contributed by atoms with Crippen molar-refractivity contribution in [2.45, 2.75) is 13.0 Å². The summed E-state index contributed by atoms with van der Waals surface area (Å²) in [7, 11) is 0. The molecule has 0 spiro atoms. The second-order valence-corrected chi connectivity index (χ2v) is 6.44. The number of carbonyl (C=O) groups is 3. The molecule has 0 aromatic heterocycles. The van der Waals surface area contributed by atoms with E-state index in [0.29, 0.717) is 0 Å². The summed E-state index contributed by atoms with van der Waals surface area (Å²) < 4.78 is 20.1. The second kappa shape index (κ2) is 13.9. The Morgan fingerprint density at radius 1 is 0.857 bits per heavy atom. The van der Waals surface area contributed by atoms with E-state index >= 15 is 0 Å². The van der Waals surface area contributed by atoms with E-state index in [0.717, 1.165) is 0 Å². The van der Waals surface area contributed by atoms with Crippen LogP contribution in [0.1, 0.15) is 27.6 Å². The van der Waals surface area contributed by atoms with Gasteiger partial charge < -0.3 is 18.9 Å². The topological polar surface area (TPSA) is 194 Å². The number of hydrogen-bond acceptors (Lipinski definition) is 15. The molecule has 0 radical (unpaired) electrons. The van der Waals surface area contributed by atoms with Gasteiger partial charge in [-0.2, -0.15) is 0 Å². The highest BCUT2D eigenvalue weighted by Crippen LogP contribution is 2.19. The Morgan fingerprint density at radius 3 is 2.14 bits per heavy atom. The Bertz CT molecular complexity index is 981. The van der Waals surface area contributed by atoms with E-state index in [9.17, 15) is 14.4 Å². The molecule has 0 bridgehead atoms. The van der Waals surface area contributed by atoms with Gasteiger partial charge in [0, 0.05) is 6.92 Å². The summed E-state index contributed by atoms with van der Waals surface area (Å²) in [6.45, 7) is -0.368. The SMILES string of the molecule is CC(=O)Oc1ccccc1C(=O)OCOC(=O)c1ccc(OCC(CON(O)O)ON(O)O)cc1. The normalized spacial score (nSPS) is 11.7. The molecule has 0 saturated carbocycles. The third-order valence-corrected chi connectivity index (χ3v) is 3.89. The minimum atomic E-state index is -1.17. The lowest BCUT2D eigenvalue weighted by Gasteiger charge is -2.19. The third kappa shape index (κ3) is 10.0. The van der Waals surface area contributed by atoms with Crippen LogP contribution in [0.4, 0.5) is 0 Å². The van der Waals surface area contributed by atoms with Crippen molar-refractivity contribution < 1.29 is 63.8 Å². The quantitative estimate of drug-likeness (QED) is 0.134. The molecular formula is C20H22N2O13. The van der Waals surface area contributed by atoms with Gasteiger partial charge in [0.15, 0.2) is 0 Å². The Morgan fingerprint density at radius 2 is 1.51 bits per heavy atom. The van der Waals surface area contributed by atoms with Crippen LogP contribution in [0.15, 0.2) is 48.5 Å². The summed E-state index contributed by atoms with van der Waals surface area (Å²) in [6.07, 6.45) is -1.17. The molecule has 0 aliphatic rings. The molecule has 2 aromatic rings. The van der Waals surface area contributed by atoms with Gasteiger partial charge in [-0.05, 0) is 36.4 Å². The molecular weight excluding hydrogens is 476 g/mol. The van der Waals surface area contributed by atoms with E-state index in [2.05, 4.69) is 9.68 Å². The van der Waals surface area contributed by atoms with Crippen molar-refractivity contribution in [2.24, 2.45) is 0 Å². The van der Waals surface area contributed by atoms with Crippen molar-refractivity contribution in [3.8, 4) is 11.5 Å². The average Bonchev–Trinajstić information content (AvgIpc) is 2.80. The van der Waals surface area contributed by atoms with Crippen LogP contribution >= 0.6 is 0 Å². The van der Waals surface area contributed by atoms with Crippen molar-refractivity contribution in [3.05, 3.63) is 59.7 Å². The van der Waals surface area contributed by atoms with Gasteiger partial charge in [0.05, 0.1) is 16.3 Å². The van der Waals surface area contributed by atoms with Gasteiger partial charge >= 0.3 is 17.9 Å². The zero-order valence-electron chi connectivity index (χ0n) is 18.2. The van der Waals surface area contributed by atoms with E-state index in [-0.39, 0.29) is 29.2 Å². The molecule has 0 heterocycles. The van der Waals surface area contributed by atoms with Crippen LogP contribution < -0.4 is 9.47 Å². The molecule has 0 amide bonds. The highest BCUT2D eigenvalue weighted by Gasteiger charge is 2.18. The largest absolute Gasteiger partial charge is 0.491 e. The minimum absolute atomic E-state index is 0.00171. The Hall–Kier alpha value is -3.67. The number of benzene rings is 2. The van der Waals surface area contributed by atoms with Crippen molar-refractivity contribution in [1.29, 1.82) is 0 Å². The van der Waals surface area contributed by atoms with Gasteiger partial charge in [-0.1, -0.05) is 12.1 Å². The van der Waals surface area contributed by atoms with E-state index in [1.165, 1.54) is 49.4 Å². The first kappa shape index (κ1) is 27.6. The summed E-state index contributed by atoms with van der Waals surface area (Å²) in [4.78, 5) is 44.3. The number of ether oxygens (including phenoxy) is 4. The van der Waals surface area contributed by atoms with E-state index in [1.807, 2.05) is 0 Å². The maximum Gasteiger partial charge on any atom is 0.344 e. The Kier molecular flexibility index (Phi) is 10.9. The van der Waals surface area contributed by atoms with Crippen molar-refractivity contribution in [3.63, 3.8) is 0 Å². The molecule has 2 aromatic carbocycles. The average molecular weight is 498 g/mol. The Labute approximate surface area is 197 Å². The number of para-hydroxylation sites is 1. The van der Waals surface area contributed by atoms with Crippen LogP contribution in [-0.4, -0.2) is 75.6 Å². The summed E-state index contributed by atoms with van der Waals surface area (Å²) >= 11 is 0. The number of rotatable bonds is 13. The van der Waals surface area contributed by atoms with Crippen molar-refractivity contribution in [2.75, 3.05) is 20.0 Å². The fraction of sp³-hybridized carbons (Fsp3) is 0.250. The van der Waals surface area contributed by atoms with Gasteiger partial charge in [-0.15, -0.1) is 0 Å². The molecule has 15 heteroatoms. The molecule has 1 atom stereocenters. The highest BCUT2D eigenvalue weighted by atomic mass is 17.1. The van der Waals surface area contributed by atoms with Crippen LogP contribution in [0.3, 0.4) is 0 Å². The van der Waals surface area contributed by atoms with Crippen LogP contribution in [0, 0.1) is 0 Å². The second-order valence-electron chi connectivity index (χ2n) is 6.44. The van der Waals surface area contributed by atoms with Crippen LogP contribution in [0.2, 0.25) is 0 Å². The highest BCUT2D eigenvalue weighted by molar-refractivity contribution is 5.93. The molecule has 0 saturated heterocycles. The Balaban J connectivity index is 1.84. The molecule has 190 valence electrons. The van der Waals surface area contributed by atoms with Gasteiger partial charge in [0.1, 0.15) is 36.4 Å². The van der Waals surface area contributed by atoms with Crippen LogP contribution in [0.25, 0.3) is 0 Å². The number of hydrogen-bond donors (Lipinski definition) is 4. The molecule has 0 fully saturated rings. The van der Waals surface area contributed by atoms with E-state index < -0.39 is 48.2 Å². The van der Waals surface area contributed by atoms with E-state index in [4.69, 9.17) is 39.8 Å². The molecule has 35 heavy (non-hydrogen) atoms. The molecule has 0 aliphatic heterocycles. The predicted molar refractivity (Wildman–Crippen MR) is 107 cm³/mol. The van der Waals surface area contributed by atoms with Crippen LogP contribution in [-0.2, 0) is 23.9 Å². The zero-order valence-corrected chi connectivity index (χ0v) is 18.2. The maximum absolute atomic E-state index is 12.2. The summed E-state index contributed by atoms with van der Waals surface area (Å²) in [5.74, 6) is -2.06. The maximum atomic E-state index is 12.2. The predicted octanol–water partition coefficient (Wildman–Crippen LogP) is 1.35. The monoisotopic (exact) mass is 498 g/mol. The molecule has 0 aliphatic carbocycles.